The number of allylic oxidation sites excluding steroid dienone is 2. The molecule has 1 aromatic carbocycles. The Bertz CT molecular complexity index is 596. The molecule has 0 spiro atoms. The molecule has 0 fully saturated rings. The molecule has 0 aliphatic heterocycles. The SMILES string of the molecule is COc1ccc(OC)c(NC(=O)[C@@H]2CC=CC[C@@H]2C(=O)O)c1. The number of carbonyl (C=O) groups excluding carboxylic acids is 1. The van der Waals surface area contributed by atoms with E-state index < -0.39 is 17.8 Å². The quantitative estimate of drug-likeness (QED) is 0.815. The molecule has 1 aliphatic carbocycles. The van der Waals surface area contributed by atoms with Gasteiger partial charge in [-0.05, 0) is 25.0 Å². The lowest BCUT2D eigenvalue weighted by Crippen LogP contribution is -2.34. The van der Waals surface area contributed by atoms with E-state index in [4.69, 9.17) is 9.47 Å². The third kappa shape index (κ3) is 3.39. The molecular formula is C16H19NO5. The zero-order valence-corrected chi connectivity index (χ0v) is 12.5. The second kappa shape index (κ2) is 6.98. The molecule has 0 saturated heterocycles. The molecule has 118 valence electrons. The standard InChI is InChI=1S/C16H19NO5/c1-21-10-7-8-14(22-2)13(9-10)17-15(18)11-5-3-4-6-12(11)16(19)20/h3-4,7-9,11-12H,5-6H2,1-2H3,(H,17,18)(H,19,20)/t11-,12+/m1/s1. The van der Waals surface area contributed by atoms with Gasteiger partial charge in [-0.25, -0.2) is 0 Å². The fourth-order valence-corrected chi connectivity index (χ4v) is 2.51. The van der Waals surface area contributed by atoms with Gasteiger partial charge in [-0.2, -0.15) is 0 Å². The molecule has 0 aromatic heterocycles. The Morgan fingerprint density at radius 2 is 1.82 bits per heavy atom. The largest absolute Gasteiger partial charge is 0.497 e. The molecule has 22 heavy (non-hydrogen) atoms. The number of anilines is 1. The molecule has 0 saturated carbocycles. The normalized spacial score (nSPS) is 20.3. The third-order valence-corrected chi connectivity index (χ3v) is 3.75. The lowest BCUT2D eigenvalue weighted by molar-refractivity contribution is -0.146. The number of ether oxygens (including phenoxy) is 2. The molecule has 2 atom stereocenters. The smallest absolute Gasteiger partial charge is 0.307 e. The molecule has 6 nitrogen and oxygen atoms in total. The summed E-state index contributed by atoms with van der Waals surface area (Å²) in [6.45, 7) is 0. The van der Waals surface area contributed by atoms with Crippen LogP contribution in [-0.4, -0.2) is 31.2 Å². The summed E-state index contributed by atoms with van der Waals surface area (Å²) in [6.07, 6.45) is 4.42. The number of hydrogen-bond donors (Lipinski definition) is 2. The van der Waals surface area contributed by atoms with Crippen molar-refractivity contribution in [1.29, 1.82) is 0 Å². The fraction of sp³-hybridized carbons (Fsp3) is 0.375. The van der Waals surface area contributed by atoms with E-state index in [9.17, 15) is 14.7 Å². The van der Waals surface area contributed by atoms with E-state index in [1.165, 1.54) is 14.2 Å². The maximum absolute atomic E-state index is 12.4. The number of methoxy groups -OCH3 is 2. The van der Waals surface area contributed by atoms with Gasteiger partial charge in [0.15, 0.2) is 0 Å². The predicted molar refractivity (Wildman–Crippen MR) is 81.2 cm³/mol. The van der Waals surface area contributed by atoms with Gasteiger partial charge in [0.1, 0.15) is 11.5 Å². The summed E-state index contributed by atoms with van der Waals surface area (Å²) < 4.78 is 10.3. The number of nitrogens with one attached hydrogen (secondary N) is 1. The molecule has 0 bridgehead atoms. The van der Waals surface area contributed by atoms with E-state index in [2.05, 4.69) is 5.32 Å². The molecular weight excluding hydrogens is 286 g/mol. The Morgan fingerprint density at radius 1 is 1.14 bits per heavy atom. The molecule has 1 aliphatic rings. The van der Waals surface area contributed by atoms with Crippen molar-refractivity contribution in [3.63, 3.8) is 0 Å². The summed E-state index contributed by atoms with van der Waals surface area (Å²) in [5.41, 5.74) is 0.463. The van der Waals surface area contributed by atoms with Crippen molar-refractivity contribution < 1.29 is 24.2 Å². The maximum Gasteiger partial charge on any atom is 0.307 e. The van der Waals surface area contributed by atoms with Gasteiger partial charge in [-0.3, -0.25) is 9.59 Å². The minimum Gasteiger partial charge on any atom is -0.497 e. The number of carboxylic acid groups (broad SMARTS) is 1. The number of aliphatic carboxylic acids is 1. The van der Waals surface area contributed by atoms with Crippen molar-refractivity contribution in [2.45, 2.75) is 12.8 Å². The van der Waals surface area contributed by atoms with E-state index in [1.54, 1.807) is 24.3 Å². The molecule has 0 heterocycles. The van der Waals surface area contributed by atoms with Crippen LogP contribution in [0.25, 0.3) is 0 Å². The maximum atomic E-state index is 12.4. The Labute approximate surface area is 128 Å². The van der Waals surface area contributed by atoms with Gasteiger partial charge in [0.05, 0.1) is 31.7 Å². The zero-order valence-electron chi connectivity index (χ0n) is 12.5. The monoisotopic (exact) mass is 305 g/mol. The van der Waals surface area contributed by atoms with Crippen LogP contribution in [0.4, 0.5) is 5.69 Å². The number of benzene rings is 1. The van der Waals surface area contributed by atoms with Crippen LogP contribution in [0.5, 0.6) is 11.5 Å². The third-order valence-electron chi connectivity index (χ3n) is 3.75. The lowest BCUT2D eigenvalue weighted by atomic mass is 9.82. The second-order valence-electron chi connectivity index (χ2n) is 5.05. The molecule has 1 amide bonds. The number of hydrogen-bond acceptors (Lipinski definition) is 4. The van der Waals surface area contributed by atoms with Gasteiger partial charge in [-0.1, -0.05) is 12.2 Å². The van der Waals surface area contributed by atoms with Crippen molar-refractivity contribution in [2.75, 3.05) is 19.5 Å². The Kier molecular flexibility index (Phi) is 5.04. The highest BCUT2D eigenvalue weighted by atomic mass is 16.5. The first-order valence-electron chi connectivity index (χ1n) is 6.97. The molecule has 2 N–H and O–H groups in total. The summed E-state index contributed by atoms with van der Waals surface area (Å²) in [6, 6.07) is 5.05. The second-order valence-corrected chi connectivity index (χ2v) is 5.05. The first kappa shape index (κ1) is 15.9. The van der Waals surface area contributed by atoms with Crippen molar-refractivity contribution in [2.24, 2.45) is 11.8 Å². The molecule has 0 unspecified atom stereocenters. The topological polar surface area (TPSA) is 84.9 Å². The van der Waals surface area contributed by atoms with Crippen molar-refractivity contribution in [3.8, 4) is 11.5 Å². The highest BCUT2D eigenvalue weighted by Crippen LogP contribution is 2.32. The first-order valence-corrected chi connectivity index (χ1v) is 6.97. The van der Waals surface area contributed by atoms with Crippen LogP contribution < -0.4 is 14.8 Å². The van der Waals surface area contributed by atoms with Crippen LogP contribution in [0.2, 0.25) is 0 Å². The van der Waals surface area contributed by atoms with Crippen LogP contribution in [0.15, 0.2) is 30.4 Å². The Morgan fingerprint density at radius 3 is 2.41 bits per heavy atom. The van der Waals surface area contributed by atoms with Gasteiger partial charge < -0.3 is 19.9 Å². The van der Waals surface area contributed by atoms with Crippen LogP contribution in [0, 0.1) is 11.8 Å². The Balaban J connectivity index is 2.20. The first-order chi connectivity index (χ1) is 10.6. The highest BCUT2D eigenvalue weighted by molar-refractivity contribution is 5.96. The van der Waals surface area contributed by atoms with Crippen molar-refractivity contribution in [3.05, 3.63) is 30.4 Å². The van der Waals surface area contributed by atoms with Crippen LogP contribution in [-0.2, 0) is 9.59 Å². The number of carboxylic acids is 1. The summed E-state index contributed by atoms with van der Waals surface area (Å²) in [7, 11) is 3.03. The lowest BCUT2D eigenvalue weighted by Gasteiger charge is -2.24. The minimum atomic E-state index is -0.956. The van der Waals surface area contributed by atoms with E-state index in [0.29, 0.717) is 30.0 Å². The van der Waals surface area contributed by atoms with E-state index >= 15 is 0 Å². The number of carbonyl (C=O) groups is 2. The predicted octanol–water partition coefficient (Wildman–Crippen LogP) is 2.31. The average molecular weight is 305 g/mol. The van der Waals surface area contributed by atoms with Crippen LogP contribution >= 0.6 is 0 Å². The molecule has 2 rings (SSSR count). The molecule has 1 aromatic rings. The molecule has 6 heteroatoms. The van der Waals surface area contributed by atoms with Gasteiger partial charge in [0, 0.05) is 6.07 Å². The van der Waals surface area contributed by atoms with Gasteiger partial charge in [0.2, 0.25) is 5.91 Å². The van der Waals surface area contributed by atoms with Gasteiger partial charge >= 0.3 is 5.97 Å². The van der Waals surface area contributed by atoms with E-state index in [-0.39, 0.29) is 5.91 Å². The van der Waals surface area contributed by atoms with Crippen molar-refractivity contribution >= 4 is 17.6 Å². The summed E-state index contributed by atoms with van der Waals surface area (Å²) in [5.74, 6) is -1.52. The van der Waals surface area contributed by atoms with Gasteiger partial charge in [0.25, 0.3) is 0 Å². The zero-order chi connectivity index (χ0) is 16.1. The van der Waals surface area contributed by atoms with Crippen molar-refractivity contribution in [1.82, 2.24) is 0 Å². The van der Waals surface area contributed by atoms with E-state index in [0.717, 1.165) is 0 Å². The summed E-state index contributed by atoms with van der Waals surface area (Å²) in [5, 5.41) is 12.0. The highest BCUT2D eigenvalue weighted by Gasteiger charge is 2.34. The van der Waals surface area contributed by atoms with Gasteiger partial charge in [-0.15, -0.1) is 0 Å². The number of amides is 1. The fourth-order valence-electron chi connectivity index (χ4n) is 2.51. The van der Waals surface area contributed by atoms with Crippen LogP contribution in [0.1, 0.15) is 12.8 Å². The van der Waals surface area contributed by atoms with E-state index in [1.807, 2.05) is 6.08 Å². The number of rotatable bonds is 5. The molecule has 0 radical (unpaired) electrons. The summed E-state index contributed by atoms with van der Waals surface area (Å²) >= 11 is 0. The average Bonchev–Trinajstić information content (AvgIpc) is 2.54. The Hall–Kier alpha value is -2.50. The van der Waals surface area contributed by atoms with Crippen LogP contribution in [0.3, 0.4) is 0 Å². The summed E-state index contributed by atoms with van der Waals surface area (Å²) in [4.78, 5) is 23.7. The minimum absolute atomic E-state index is 0.330.